The van der Waals surface area contributed by atoms with Gasteiger partial charge >= 0.3 is 0 Å². The topological polar surface area (TPSA) is 77.9 Å². The third kappa shape index (κ3) is 5.08. The molecular weight excluding hydrogens is 388 g/mol. The number of aliphatic hydroxyl groups is 1. The van der Waals surface area contributed by atoms with Crippen LogP contribution in [0, 0.1) is 0 Å². The highest BCUT2D eigenvalue weighted by molar-refractivity contribution is 8.18. The molecule has 3 amide bonds. The average molecular weight is 417 g/mol. The van der Waals surface area contributed by atoms with E-state index < -0.39 is 11.1 Å². The highest BCUT2D eigenvalue weighted by Crippen LogP contribution is 2.32. The molecule has 0 bridgehead atoms. The van der Waals surface area contributed by atoms with E-state index in [2.05, 4.69) is 13.8 Å². The summed E-state index contributed by atoms with van der Waals surface area (Å²) in [5.41, 5.74) is 2.06. The minimum atomic E-state index is -0.419. The number of hydrogen-bond acceptors (Lipinski definition) is 5. The second-order valence-electron chi connectivity index (χ2n) is 7.84. The lowest BCUT2D eigenvalue weighted by molar-refractivity contribution is -0.139. The van der Waals surface area contributed by atoms with Gasteiger partial charge < -0.3 is 10.0 Å². The van der Waals surface area contributed by atoms with E-state index in [1.54, 1.807) is 11.0 Å². The maximum absolute atomic E-state index is 12.8. The van der Waals surface area contributed by atoms with E-state index in [1.165, 1.54) is 5.56 Å². The van der Waals surface area contributed by atoms with Crippen LogP contribution in [0.5, 0.6) is 0 Å². The number of nitrogens with zero attached hydrogens (tertiary/aromatic N) is 2. The van der Waals surface area contributed by atoms with Crippen LogP contribution in [0.15, 0.2) is 29.2 Å². The second-order valence-corrected chi connectivity index (χ2v) is 8.83. The molecule has 1 aromatic carbocycles. The van der Waals surface area contributed by atoms with Gasteiger partial charge in [0.05, 0.1) is 4.91 Å². The summed E-state index contributed by atoms with van der Waals surface area (Å²) in [6, 6.07) is 7.88. The predicted molar refractivity (Wildman–Crippen MR) is 114 cm³/mol. The zero-order chi connectivity index (χ0) is 21.0. The number of benzene rings is 1. The van der Waals surface area contributed by atoms with Gasteiger partial charge in [0, 0.05) is 19.2 Å². The minimum Gasteiger partial charge on any atom is -0.396 e. The van der Waals surface area contributed by atoms with E-state index in [1.807, 2.05) is 24.3 Å². The van der Waals surface area contributed by atoms with Crippen molar-refractivity contribution in [3.8, 4) is 0 Å². The number of piperidine rings is 1. The Morgan fingerprint density at radius 3 is 2.62 bits per heavy atom. The smallest absolute Gasteiger partial charge is 0.294 e. The molecule has 6 nitrogen and oxygen atoms in total. The molecule has 29 heavy (non-hydrogen) atoms. The van der Waals surface area contributed by atoms with E-state index in [0.29, 0.717) is 23.8 Å². The number of hydrogen-bond donors (Lipinski definition) is 1. The number of carbonyl (C=O) groups excluding carboxylic acids is 3. The van der Waals surface area contributed by atoms with Crippen molar-refractivity contribution in [2.75, 3.05) is 19.7 Å². The minimum absolute atomic E-state index is 0.0174. The summed E-state index contributed by atoms with van der Waals surface area (Å²) in [6.07, 6.45) is 5.01. The van der Waals surface area contributed by atoms with Crippen LogP contribution in [0.25, 0.3) is 6.08 Å². The lowest BCUT2D eigenvalue weighted by Crippen LogP contribution is -2.49. The summed E-state index contributed by atoms with van der Waals surface area (Å²) in [4.78, 5) is 41.0. The van der Waals surface area contributed by atoms with Gasteiger partial charge in [-0.25, -0.2) is 0 Å². The lowest BCUT2D eigenvalue weighted by atomic mass is 9.99. The van der Waals surface area contributed by atoms with E-state index in [0.717, 1.165) is 41.5 Å². The first-order chi connectivity index (χ1) is 13.9. The molecular formula is C22H28N2O4S. The predicted octanol–water partition coefficient (Wildman–Crippen LogP) is 3.61. The van der Waals surface area contributed by atoms with Crippen molar-refractivity contribution < 1.29 is 19.5 Å². The molecule has 2 aliphatic heterocycles. The molecule has 0 spiro atoms. The van der Waals surface area contributed by atoms with Gasteiger partial charge in [0.1, 0.15) is 6.54 Å². The Morgan fingerprint density at radius 1 is 1.24 bits per heavy atom. The Hall–Kier alpha value is -2.12. The molecule has 156 valence electrons. The Kier molecular flexibility index (Phi) is 7.14. The van der Waals surface area contributed by atoms with Gasteiger partial charge in [-0.1, -0.05) is 38.1 Å². The van der Waals surface area contributed by atoms with Crippen molar-refractivity contribution in [1.29, 1.82) is 0 Å². The third-order valence-corrected chi connectivity index (χ3v) is 6.39. The first-order valence-corrected chi connectivity index (χ1v) is 11.0. The van der Waals surface area contributed by atoms with Crippen LogP contribution in [0.3, 0.4) is 0 Å². The summed E-state index contributed by atoms with van der Waals surface area (Å²) in [7, 11) is 0. The standard InChI is InChI=1S/C22H28N2O4S/c1-15(2)17-8-6-16(7-9-17)13-19-21(27)24(22(28)29-19)14-20(26)23-11-4-3-5-18(23)10-12-25/h6-9,13,15,18,25H,3-5,10-12,14H2,1-2H3/b19-13-/t18-/m0/s1. The largest absolute Gasteiger partial charge is 0.396 e. The van der Waals surface area contributed by atoms with Crippen LogP contribution in [0.2, 0.25) is 0 Å². The molecule has 2 fully saturated rings. The van der Waals surface area contributed by atoms with Crippen molar-refractivity contribution in [3.05, 3.63) is 40.3 Å². The highest BCUT2D eigenvalue weighted by Gasteiger charge is 2.38. The number of rotatable bonds is 6. The van der Waals surface area contributed by atoms with Crippen LogP contribution in [-0.2, 0) is 9.59 Å². The zero-order valence-electron chi connectivity index (χ0n) is 17.0. The SMILES string of the molecule is CC(C)c1ccc(/C=C2\SC(=O)N(CC(=O)N3CCCC[C@H]3CCO)C2=O)cc1. The van der Waals surface area contributed by atoms with Crippen LogP contribution in [-0.4, -0.2) is 57.7 Å². The Balaban J connectivity index is 1.69. The van der Waals surface area contributed by atoms with E-state index in [9.17, 15) is 19.5 Å². The molecule has 1 aromatic rings. The van der Waals surface area contributed by atoms with Gasteiger partial charge in [0.2, 0.25) is 5.91 Å². The zero-order valence-corrected chi connectivity index (χ0v) is 17.8. The summed E-state index contributed by atoms with van der Waals surface area (Å²) >= 11 is 0.875. The maximum Gasteiger partial charge on any atom is 0.294 e. The Bertz CT molecular complexity index is 802. The molecule has 2 aliphatic rings. The highest BCUT2D eigenvalue weighted by atomic mass is 32.2. The molecule has 2 heterocycles. The number of carbonyl (C=O) groups is 3. The number of imide groups is 1. The normalized spacial score (nSPS) is 21.5. The third-order valence-electron chi connectivity index (χ3n) is 5.48. The first kappa shape index (κ1) is 21.6. The molecule has 0 unspecified atom stereocenters. The Labute approximate surface area is 175 Å². The summed E-state index contributed by atoms with van der Waals surface area (Å²) in [6.45, 7) is 4.62. The van der Waals surface area contributed by atoms with E-state index in [-0.39, 0.29) is 25.1 Å². The van der Waals surface area contributed by atoms with Gasteiger partial charge in [-0.15, -0.1) is 0 Å². The molecule has 1 N–H and O–H groups in total. The van der Waals surface area contributed by atoms with Gasteiger partial charge in [0.25, 0.3) is 11.1 Å². The maximum atomic E-state index is 12.8. The van der Waals surface area contributed by atoms with Crippen molar-refractivity contribution in [3.63, 3.8) is 0 Å². The fraction of sp³-hybridized carbons (Fsp3) is 0.500. The van der Waals surface area contributed by atoms with Crippen molar-refractivity contribution in [1.82, 2.24) is 9.80 Å². The Morgan fingerprint density at radius 2 is 1.97 bits per heavy atom. The van der Waals surface area contributed by atoms with Crippen molar-refractivity contribution in [2.24, 2.45) is 0 Å². The van der Waals surface area contributed by atoms with Gasteiger partial charge in [0.15, 0.2) is 0 Å². The number of likely N-dealkylation sites (tertiary alicyclic amines) is 1. The molecule has 7 heteroatoms. The molecule has 0 radical (unpaired) electrons. The average Bonchev–Trinajstić information content (AvgIpc) is 2.96. The van der Waals surface area contributed by atoms with E-state index in [4.69, 9.17) is 0 Å². The number of aliphatic hydroxyl groups excluding tert-OH is 1. The van der Waals surface area contributed by atoms with Crippen LogP contribution < -0.4 is 0 Å². The van der Waals surface area contributed by atoms with Crippen LogP contribution in [0.4, 0.5) is 4.79 Å². The lowest BCUT2D eigenvalue weighted by Gasteiger charge is -2.36. The molecule has 0 saturated carbocycles. The fourth-order valence-corrected chi connectivity index (χ4v) is 4.61. The van der Waals surface area contributed by atoms with E-state index >= 15 is 0 Å². The van der Waals surface area contributed by atoms with Crippen LogP contribution in [0.1, 0.15) is 56.6 Å². The summed E-state index contributed by atoms with van der Waals surface area (Å²) < 4.78 is 0. The molecule has 1 atom stereocenters. The summed E-state index contributed by atoms with van der Waals surface area (Å²) in [5, 5.41) is 8.83. The second kappa shape index (κ2) is 9.59. The molecule has 0 aliphatic carbocycles. The van der Waals surface area contributed by atoms with Crippen LogP contribution >= 0.6 is 11.8 Å². The number of amides is 3. The first-order valence-electron chi connectivity index (χ1n) is 10.2. The van der Waals surface area contributed by atoms with Gasteiger partial charge in [-0.3, -0.25) is 19.3 Å². The van der Waals surface area contributed by atoms with Crippen molar-refractivity contribution >= 4 is 34.9 Å². The van der Waals surface area contributed by atoms with Gasteiger partial charge in [-0.2, -0.15) is 0 Å². The molecule has 2 saturated heterocycles. The quantitative estimate of drug-likeness (QED) is 0.717. The summed E-state index contributed by atoms with van der Waals surface area (Å²) in [5.74, 6) is -0.225. The molecule has 3 rings (SSSR count). The molecule has 0 aromatic heterocycles. The fourth-order valence-electron chi connectivity index (χ4n) is 3.77. The monoisotopic (exact) mass is 416 g/mol. The van der Waals surface area contributed by atoms with Gasteiger partial charge in [-0.05, 0) is 60.6 Å². The number of thioether (sulfide) groups is 1. The van der Waals surface area contributed by atoms with Crippen molar-refractivity contribution in [2.45, 2.75) is 51.5 Å².